The predicted octanol–water partition coefficient (Wildman–Crippen LogP) is 2.09. The molecule has 0 amide bonds. The zero-order valence-electron chi connectivity index (χ0n) is 15.5. The maximum Gasteiger partial charge on any atom is 0.191 e. The Balaban J connectivity index is 0.00000312. The molecule has 1 aromatic carbocycles. The maximum atomic E-state index is 5.39. The molecule has 1 atom stereocenters. The summed E-state index contributed by atoms with van der Waals surface area (Å²) in [6, 6.07) is 8.57. The van der Waals surface area contributed by atoms with Crippen molar-refractivity contribution < 1.29 is 9.47 Å². The van der Waals surface area contributed by atoms with E-state index in [4.69, 9.17) is 9.47 Å². The number of likely N-dealkylation sites (tertiary alicyclic amines) is 1. The highest BCUT2D eigenvalue weighted by molar-refractivity contribution is 14.0. The lowest BCUT2D eigenvalue weighted by molar-refractivity contribution is 0.141. The van der Waals surface area contributed by atoms with E-state index < -0.39 is 0 Å². The van der Waals surface area contributed by atoms with Crippen LogP contribution in [-0.2, 0) is 11.3 Å². The molecule has 1 aliphatic rings. The fourth-order valence-corrected chi connectivity index (χ4v) is 3.09. The van der Waals surface area contributed by atoms with Crippen molar-refractivity contribution in [3.63, 3.8) is 0 Å². The summed E-state index contributed by atoms with van der Waals surface area (Å²) in [7, 11) is 5.25. The first kappa shape index (κ1) is 22.0. The van der Waals surface area contributed by atoms with Crippen molar-refractivity contribution in [1.29, 1.82) is 0 Å². The van der Waals surface area contributed by atoms with Crippen LogP contribution < -0.4 is 15.4 Å². The quantitative estimate of drug-likeness (QED) is 0.352. The van der Waals surface area contributed by atoms with Gasteiger partial charge in [-0.25, -0.2) is 0 Å². The molecule has 1 unspecified atom stereocenters. The number of guanidine groups is 1. The van der Waals surface area contributed by atoms with Crippen LogP contribution >= 0.6 is 24.0 Å². The lowest BCUT2D eigenvalue weighted by Gasteiger charge is -2.25. The maximum absolute atomic E-state index is 5.39. The van der Waals surface area contributed by atoms with E-state index in [-0.39, 0.29) is 24.0 Å². The van der Waals surface area contributed by atoms with Crippen molar-refractivity contribution in [3.8, 4) is 5.75 Å². The topological polar surface area (TPSA) is 58.1 Å². The Kier molecular flexibility index (Phi) is 10.8. The molecule has 25 heavy (non-hydrogen) atoms. The monoisotopic (exact) mass is 462 g/mol. The Hall–Kier alpha value is -1.06. The van der Waals surface area contributed by atoms with Crippen molar-refractivity contribution >= 4 is 29.9 Å². The third-order valence-corrected chi connectivity index (χ3v) is 4.45. The molecular formula is C18H31IN4O2. The average molecular weight is 462 g/mol. The Morgan fingerprint density at radius 3 is 2.80 bits per heavy atom. The first-order chi connectivity index (χ1) is 11.8. The number of benzene rings is 1. The second-order valence-electron chi connectivity index (χ2n) is 5.94. The van der Waals surface area contributed by atoms with E-state index in [2.05, 4.69) is 26.6 Å². The zero-order valence-corrected chi connectivity index (χ0v) is 17.8. The standard InChI is InChI=1S/C18H30N4O2.HI/c1-19-18(20-13-15-7-4-5-9-17(15)24-3)21-14-16-8-6-10-22(16)11-12-23-2;/h4-5,7,9,16H,6,8,10-14H2,1-3H3,(H2,19,20,21);1H. The molecule has 142 valence electrons. The summed E-state index contributed by atoms with van der Waals surface area (Å²) in [5.41, 5.74) is 1.12. The summed E-state index contributed by atoms with van der Waals surface area (Å²) < 4.78 is 10.6. The van der Waals surface area contributed by atoms with E-state index in [1.807, 2.05) is 18.2 Å². The summed E-state index contributed by atoms with van der Waals surface area (Å²) >= 11 is 0. The number of nitrogens with zero attached hydrogens (tertiary/aromatic N) is 2. The first-order valence-electron chi connectivity index (χ1n) is 8.58. The van der Waals surface area contributed by atoms with Crippen LogP contribution in [0.1, 0.15) is 18.4 Å². The molecule has 0 aliphatic carbocycles. The minimum atomic E-state index is 0. The van der Waals surface area contributed by atoms with Gasteiger partial charge in [-0.2, -0.15) is 0 Å². The van der Waals surface area contributed by atoms with E-state index in [1.54, 1.807) is 21.3 Å². The molecule has 1 fully saturated rings. The number of halogens is 1. The van der Waals surface area contributed by atoms with Gasteiger partial charge >= 0.3 is 0 Å². The van der Waals surface area contributed by atoms with E-state index in [0.717, 1.165) is 43.5 Å². The average Bonchev–Trinajstić information content (AvgIpc) is 3.07. The largest absolute Gasteiger partial charge is 0.496 e. The minimum Gasteiger partial charge on any atom is -0.496 e. The van der Waals surface area contributed by atoms with Gasteiger partial charge in [0.05, 0.1) is 13.7 Å². The molecule has 2 rings (SSSR count). The van der Waals surface area contributed by atoms with Gasteiger partial charge in [0.1, 0.15) is 5.75 Å². The highest BCUT2D eigenvalue weighted by Crippen LogP contribution is 2.17. The van der Waals surface area contributed by atoms with E-state index in [9.17, 15) is 0 Å². The van der Waals surface area contributed by atoms with Crippen LogP contribution in [0.4, 0.5) is 0 Å². The second-order valence-corrected chi connectivity index (χ2v) is 5.94. The lowest BCUT2D eigenvalue weighted by Crippen LogP contribution is -2.45. The van der Waals surface area contributed by atoms with Crippen LogP contribution in [0, 0.1) is 0 Å². The van der Waals surface area contributed by atoms with Crippen molar-refractivity contribution in [1.82, 2.24) is 15.5 Å². The van der Waals surface area contributed by atoms with Gasteiger partial charge < -0.3 is 20.1 Å². The molecule has 0 aromatic heterocycles. The molecule has 7 heteroatoms. The molecule has 2 N–H and O–H groups in total. The number of methoxy groups -OCH3 is 2. The van der Waals surface area contributed by atoms with Gasteiger partial charge in [-0.3, -0.25) is 9.89 Å². The zero-order chi connectivity index (χ0) is 17.2. The van der Waals surface area contributed by atoms with Crippen molar-refractivity contribution in [2.75, 3.05) is 47.5 Å². The fourth-order valence-electron chi connectivity index (χ4n) is 3.09. The summed E-state index contributed by atoms with van der Waals surface area (Å²) in [4.78, 5) is 6.81. The van der Waals surface area contributed by atoms with Crippen molar-refractivity contribution in [3.05, 3.63) is 29.8 Å². The SMILES string of the molecule is CN=C(NCc1ccccc1OC)NCC1CCCN1CCOC.I. The van der Waals surface area contributed by atoms with Crippen LogP contribution in [0.25, 0.3) is 0 Å². The fraction of sp³-hybridized carbons (Fsp3) is 0.611. The molecule has 1 aliphatic heterocycles. The smallest absolute Gasteiger partial charge is 0.191 e. The molecule has 0 saturated carbocycles. The Morgan fingerprint density at radius 2 is 2.08 bits per heavy atom. The molecule has 0 radical (unpaired) electrons. The Morgan fingerprint density at radius 1 is 1.28 bits per heavy atom. The molecule has 1 aromatic rings. The highest BCUT2D eigenvalue weighted by Gasteiger charge is 2.23. The number of para-hydroxylation sites is 1. The third-order valence-electron chi connectivity index (χ3n) is 4.45. The number of aliphatic imine (C=N–C) groups is 1. The highest BCUT2D eigenvalue weighted by atomic mass is 127. The number of nitrogens with one attached hydrogen (secondary N) is 2. The van der Waals surface area contributed by atoms with Crippen LogP contribution in [0.3, 0.4) is 0 Å². The van der Waals surface area contributed by atoms with Crippen LogP contribution in [0.2, 0.25) is 0 Å². The van der Waals surface area contributed by atoms with E-state index >= 15 is 0 Å². The number of rotatable bonds is 8. The molecule has 6 nitrogen and oxygen atoms in total. The number of ether oxygens (including phenoxy) is 2. The van der Waals surface area contributed by atoms with E-state index in [0.29, 0.717) is 12.6 Å². The minimum absolute atomic E-state index is 0. The normalized spacial score (nSPS) is 17.9. The van der Waals surface area contributed by atoms with Crippen LogP contribution in [0.5, 0.6) is 5.75 Å². The molecular weight excluding hydrogens is 431 g/mol. The van der Waals surface area contributed by atoms with Gasteiger partial charge in [0.25, 0.3) is 0 Å². The Labute approximate surface area is 168 Å². The van der Waals surface area contributed by atoms with Crippen LogP contribution in [-0.4, -0.2) is 64.4 Å². The molecule has 0 spiro atoms. The van der Waals surface area contributed by atoms with Gasteiger partial charge in [0, 0.05) is 45.4 Å². The third kappa shape index (κ3) is 6.99. The van der Waals surface area contributed by atoms with Crippen molar-refractivity contribution in [2.24, 2.45) is 4.99 Å². The van der Waals surface area contributed by atoms with Crippen molar-refractivity contribution in [2.45, 2.75) is 25.4 Å². The van der Waals surface area contributed by atoms with Gasteiger partial charge in [0.15, 0.2) is 5.96 Å². The first-order valence-corrected chi connectivity index (χ1v) is 8.58. The molecule has 0 bridgehead atoms. The summed E-state index contributed by atoms with van der Waals surface area (Å²) in [5, 5.41) is 6.80. The lowest BCUT2D eigenvalue weighted by atomic mass is 10.2. The molecule has 1 heterocycles. The number of hydrogen-bond donors (Lipinski definition) is 2. The summed E-state index contributed by atoms with van der Waals surface area (Å²) in [5.74, 6) is 1.71. The van der Waals surface area contributed by atoms with Gasteiger partial charge in [-0.15, -0.1) is 24.0 Å². The predicted molar refractivity (Wildman–Crippen MR) is 113 cm³/mol. The number of hydrogen-bond acceptors (Lipinski definition) is 4. The summed E-state index contributed by atoms with van der Waals surface area (Å²) in [6.45, 7) is 4.52. The molecule has 1 saturated heterocycles. The van der Waals surface area contributed by atoms with Gasteiger partial charge in [-0.1, -0.05) is 18.2 Å². The Bertz CT molecular complexity index is 528. The van der Waals surface area contributed by atoms with Crippen LogP contribution in [0.15, 0.2) is 29.3 Å². The van der Waals surface area contributed by atoms with E-state index in [1.165, 1.54) is 12.8 Å². The second kappa shape index (κ2) is 12.3. The van der Waals surface area contributed by atoms with Gasteiger partial charge in [0.2, 0.25) is 0 Å². The summed E-state index contributed by atoms with van der Waals surface area (Å²) in [6.07, 6.45) is 2.48. The van der Waals surface area contributed by atoms with Gasteiger partial charge in [-0.05, 0) is 25.5 Å².